The number of benzene rings is 3. The standard InChI is InChI=1S/3C7H6O3.C5H12O4/c3*8-6-3-1-5(2-4-6)7(9)10;6-1-5(2-7,3-8)4-9/h3*1-4,8H,(H,9,10);6-9H,1-4H2. The summed E-state index contributed by atoms with van der Waals surface area (Å²) in [5.74, 6) is -2.74. The Morgan fingerprint density at radius 2 is 0.615 bits per heavy atom. The third-order valence-corrected chi connectivity index (χ3v) is 4.68. The molecule has 3 aromatic carbocycles. The van der Waals surface area contributed by atoms with Crippen molar-refractivity contribution in [2.75, 3.05) is 26.4 Å². The van der Waals surface area contributed by atoms with Gasteiger partial charge in [0.25, 0.3) is 0 Å². The van der Waals surface area contributed by atoms with Gasteiger partial charge < -0.3 is 51.1 Å². The van der Waals surface area contributed by atoms with Crippen LogP contribution in [-0.4, -0.2) is 95.4 Å². The highest BCUT2D eigenvalue weighted by molar-refractivity contribution is 5.88. The molecule has 0 bridgehead atoms. The van der Waals surface area contributed by atoms with Crippen molar-refractivity contribution in [2.24, 2.45) is 5.41 Å². The zero-order valence-electron chi connectivity index (χ0n) is 20.5. The molecule has 0 aliphatic carbocycles. The molecule has 13 nitrogen and oxygen atoms in total. The van der Waals surface area contributed by atoms with Crippen LogP contribution in [-0.2, 0) is 0 Å². The van der Waals surface area contributed by atoms with Gasteiger partial charge in [-0.05, 0) is 72.8 Å². The van der Waals surface area contributed by atoms with Gasteiger partial charge in [-0.3, -0.25) is 0 Å². The molecule has 0 fully saturated rings. The lowest BCUT2D eigenvalue weighted by Gasteiger charge is -2.23. The Bertz CT molecular complexity index is 989. The number of aromatic hydroxyl groups is 3. The third kappa shape index (κ3) is 13.4. The summed E-state index contributed by atoms with van der Waals surface area (Å²) in [6.45, 7) is -1.62. The molecule has 3 rings (SSSR count). The zero-order valence-corrected chi connectivity index (χ0v) is 20.5. The van der Waals surface area contributed by atoms with Crippen LogP contribution < -0.4 is 0 Å². The van der Waals surface area contributed by atoms with E-state index in [0.717, 1.165) is 0 Å². The van der Waals surface area contributed by atoms with Crippen LogP contribution in [0.25, 0.3) is 0 Å². The number of rotatable bonds is 7. The van der Waals surface area contributed by atoms with E-state index < -0.39 is 49.8 Å². The molecular weight excluding hydrogens is 520 g/mol. The molecule has 13 heteroatoms. The summed E-state index contributed by atoms with van der Waals surface area (Å²) in [6.07, 6.45) is 0. The van der Waals surface area contributed by atoms with Crippen molar-refractivity contribution in [3.05, 3.63) is 89.5 Å². The summed E-state index contributed by atoms with van der Waals surface area (Å²) in [6, 6.07) is 16.1. The second-order valence-electron chi connectivity index (χ2n) is 7.69. The highest BCUT2D eigenvalue weighted by atomic mass is 16.4. The largest absolute Gasteiger partial charge is 0.508 e. The molecule has 0 saturated carbocycles. The number of aromatic carboxylic acids is 3. The monoisotopic (exact) mass is 550 g/mol. The van der Waals surface area contributed by atoms with Crippen LogP contribution >= 0.6 is 0 Å². The number of hydrogen-bond acceptors (Lipinski definition) is 10. The van der Waals surface area contributed by atoms with Gasteiger partial charge in [0.05, 0.1) is 48.5 Å². The molecule has 0 unspecified atom stereocenters. The number of hydrogen-bond donors (Lipinski definition) is 10. The fourth-order valence-electron chi connectivity index (χ4n) is 2.11. The molecular formula is C26H30O13. The van der Waals surface area contributed by atoms with Gasteiger partial charge in [-0.1, -0.05) is 0 Å². The van der Waals surface area contributed by atoms with E-state index in [1.807, 2.05) is 0 Å². The number of carboxylic acid groups (broad SMARTS) is 3. The minimum Gasteiger partial charge on any atom is -0.508 e. The highest BCUT2D eigenvalue weighted by Crippen LogP contribution is 2.12. The van der Waals surface area contributed by atoms with Crippen LogP contribution in [0.1, 0.15) is 31.1 Å². The molecule has 0 aliphatic heterocycles. The van der Waals surface area contributed by atoms with Crippen molar-refractivity contribution in [3.63, 3.8) is 0 Å². The Kier molecular flexibility index (Phi) is 15.6. The molecule has 0 radical (unpaired) electrons. The molecule has 0 spiro atoms. The molecule has 0 aromatic heterocycles. The molecule has 212 valence electrons. The fourth-order valence-corrected chi connectivity index (χ4v) is 2.11. The smallest absolute Gasteiger partial charge is 0.335 e. The lowest BCUT2D eigenvalue weighted by atomic mass is 9.93. The quantitative estimate of drug-likeness (QED) is 0.199. The first-order chi connectivity index (χ1) is 18.3. The van der Waals surface area contributed by atoms with Crippen molar-refractivity contribution in [1.82, 2.24) is 0 Å². The Morgan fingerprint density at radius 1 is 0.436 bits per heavy atom. The zero-order chi connectivity index (χ0) is 30.0. The summed E-state index contributed by atoms with van der Waals surface area (Å²) in [4.78, 5) is 30.7. The first kappa shape index (κ1) is 34.3. The maximum atomic E-state index is 10.2. The molecule has 3 aromatic rings. The van der Waals surface area contributed by atoms with Crippen LogP contribution in [0.2, 0.25) is 0 Å². The molecule has 0 aliphatic rings. The van der Waals surface area contributed by atoms with E-state index in [4.69, 9.17) is 51.1 Å². The number of carbonyl (C=O) groups is 3. The van der Waals surface area contributed by atoms with E-state index in [2.05, 4.69) is 0 Å². The second kappa shape index (κ2) is 17.7. The SMILES string of the molecule is O=C(O)c1ccc(O)cc1.O=C(O)c1ccc(O)cc1.O=C(O)c1ccc(O)cc1.OCC(CO)(CO)CO. The minimum atomic E-state index is -1.11. The van der Waals surface area contributed by atoms with Gasteiger partial charge in [0.1, 0.15) is 17.2 Å². The van der Waals surface area contributed by atoms with E-state index >= 15 is 0 Å². The summed E-state index contributed by atoms with van der Waals surface area (Å²) in [7, 11) is 0. The lowest BCUT2D eigenvalue weighted by Crippen LogP contribution is -2.37. The second-order valence-corrected chi connectivity index (χ2v) is 7.69. The predicted molar refractivity (Wildman–Crippen MR) is 136 cm³/mol. The Balaban J connectivity index is 0.000000494. The van der Waals surface area contributed by atoms with E-state index in [0.29, 0.717) is 0 Å². The molecule has 0 atom stereocenters. The Hall–Kier alpha value is -4.69. The summed E-state index contributed by atoms with van der Waals surface area (Å²) < 4.78 is 0. The lowest BCUT2D eigenvalue weighted by molar-refractivity contribution is -0.0328. The van der Waals surface area contributed by atoms with Gasteiger partial charge in [0.2, 0.25) is 0 Å². The first-order valence-electron chi connectivity index (χ1n) is 10.8. The van der Waals surface area contributed by atoms with Crippen LogP contribution in [0.4, 0.5) is 0 Å². The van der Waals surface area contributed by atoms with Crippen molar-refractivity contribution in [2.45, 2.75) is 0 Å². The number of aliphatic hydroxyl groups excluding tert-OH is 4. The van der Waals surface area contributed by atoms with Crippen molar-refractivity contribution < 1.29 is 65.4 Å². The van der Waals surface area contributed by atoms with Gasteiger partial charge in [-0.2, -0.15) is 0 Å². The molecule has 0 saturated heterocycles. The van der Waals surface area contributed by atoms with Gasteiger partial charge in [-0.25, -0.2) is 14.4 Å². The van der Waals surface area contributed by atoms with Crippen molar-refractivity contribution >= 4 is 17.9 Å². The van der Waals surface area contributed by atoms with E-state index in [1.54, 1.807) is 0 Å². The van der Waals surface area contributed by atoms with Crippen LogP contribution in [0.15, 0.2) is 72.8 Å². The normalized spacial score (nSPS) is 9.85. The predicted octanol–water partition coefficient (Wildman–Crippen LogP) is 1.21. The first-order valence-corrected chi connectivity index (χ1v) is 10.8. The van der Waals surface area contributed by atoms with Crippen LogP contribution in [0.5, 0.6) is 17.2 Å². The molecule has 0 heterocycles. The van der Waals surface area contributed by atoms with Gasteiger partial charge in [-0.15, -0.1) is 0 Å². The number of phenolic OH excluding ortho intramolecular Hbond substituents is 3. The van der Waals surface area contributed by atoms with Gasteiger partial charge in [0.15, 0.2) is 0 Å². The van der Waals surface area contributed by atoms with E-state index in [-0.39, 0.29) is 33.9 Å². The fraction of sp³-hybridized carbons (Fsp3) is 0.192. The van der Waals surface area contributed by atoms with Crippen LogP contribution in [0.3, 0.4) is 0 Å². The van der Waals surface area contributed by atoms with E-state index in [1.165, 1.54) is 72.8 Å². The Morgan fingerprint density at radius 3 is 0.718 bits per heavy atom. The van der Waals surface area contributed by atoms with Crippen molar-refractivity contribution in [1.29, 1.82) is 0 Å². The number of phenols is 3. The minimum absolute atomic E-state index is 0.0741. The molecule has 10 N–H and O–H groups in total. The van der Waals surface area contributed by atoms with E-state index in [9.17, 15) is 14.4 Å². The van der Waals surface area contributed by atoms with Gasteiger partial charge >= 0.3 is 17.9 Å². The summed E-state index contributed by atoms with van der Waals surface area (Å²) in [5.41, 5.74) is -0.576. The average molecular weight is 551 g/mol. The molecule has 39 heavy (non-hydrogen) atoms. The number of carboxylic acids is 3. The molecule has 0 amide bonds. The maximum absolute atomic E-state index is 10.2. The highest BCUT2D eigenvalue weighted by Gasteiger charge is 2.26. The number of aliphatic hydroxyl groups is 4. The van der Waals surface area contributed by atoms with Crippen molar-refractivity contribution in [3.8, 4) is 17.2 Å². The summed E-state index contributed by atoms with van der Waals surface area (Å²) >= 11 is 0. The Labute approximate surface area is 222 Å². The van der Waals surface area contributed by atoms with Crippen LogP contribution in [0, 0.1) is 5.41 Å². The topological polar surface area (TPSA) is 254 Å². The van der Waals surface area contributed by atoms with Gasteiger partial charge in [0, 0.05) is 0 Å². The maximum Gasteiger partial charge on any atom is 0.335 e. The average Bonchev–Trinajstić information content (AvgIpc) is 2.92. The summed E-state index contributed by atoms with van der Waals surface area (Å²) in [5, 5.41) is 85.4. The third-order valence-electron chi connectivity index (χ3n) is 4.68.